The quantitative estimate of drug-likeness (QED) is 0.834. The van der Waals surface area contributed by atoms with Crippen LogP contribution in [-0.4, -0.2) is 46.3 Å². The Bertz CT molecular complexity index is 631. The van der Waals surface area contributed by atoms with Gasteiger partial charge in [-0.15, -0.1) is 0 Å². The largest absolute Gasteiger partial charge is 0.445 e. The molecule has 23 heavy (non-hydrogen) atoms. The van der Waals surface area contributed by atoms with Crippen LogP contribution in [0.2, 0.25) is 0 Å². The lowest BCUT2D eigenvalue weighted by atomic mass is 10.0. The number of likely N-dealkylation sites (tertiary alicyclic amines) is 2. The van der Waals surface area contributed by atoms with Gasteiger partial charge in [0, 0.05) is 13.5 Å². The van der Waals surface area contributed by atoms with Crippen LogP contribution in [0.3, 0.4) is 0 Å². The molecule has 0 aliphatic carbocycles. The van der Waals surface area contributed by atoms with E-state index in [1.807, 2.05) is 30.3 Å². The van der Waals surface area contributed by atoms with E-state index in [4.69, 9.17) is 4.74 Å². The minimum atomic E-state index is -0.425. The molecule has 2 aliphatic rings. The predicted molar refractivity (Wildman–Crippen MR) is 82.2 cm³/mol. The van der Waals surface area contributed by atoms with Crippen molar-refractivity contribution in [2.45, 2.75) is 39.0 Å². The minimum absolute atomic E-state index is 0.201. The van der Waals surface area contributed by atoms with Gasteiger partial charge in [-0.05, 0) is 12.0 Å². The summed E-state index contributed by atoms with van der Waals surface area (Å²) in [5, 5.41) is 0. The molecule has 3 amide bonds. The molecule has 0 aromatic heterocycles. The number of amides is 3. The van der Waals surface area contributed by atoms with Crippen molar-refractivity contribution >= 4 is 17.9 Å². The highest BCUT2D eigenvalue weighted by Gasteiger charge is 2.54. The standard InChI is InChI=1S/C17H20N2O4/c1-11-15-14(19(12(2)20)16(11)21)8-9-18(15)17(22)23-10-13-6-4-3-5-7-13/h3-7,11,14-15H,8-10H2,1-2H3/t11-,14-,15?/m0/s1. The Morgan fingerprint density at radius 1 is 1.26 bits per heavy atom. The molecule has 0 saturated carbocycles. The number of rotatable bonds is 2. The predicted octanol–water partition coefficient (Wildman–Crippen LogP) is 1.79. The number of hydrogen-bond donors (Lipinski definition) is 0. The maximum Gasteiger partial charge on any atom is 0.410 e. The fourth-order valence-corrected chi connectivity index (χ4v) is 3.62. The first-order valence-electron chi connectivity index (χ1n) is 7.81. The third-order valence-corrected chi connectivity index (χ3v) is 4.67. The van der Waals surface area contributed by atoms with Crippen molar-refractivity contribution in [3.05, 3.63) is 35.9 Å². The van der Waals surface area contributed by atoms with Gasteiger partial charge < -0.3 is 9.64 Å². The Morgan fingerprint density at radius 2 is 1.96 bits per heavy atom. The molecule has 0 bridgehead atoms. The zero-order valence-electron chi connectivity index (χ0n) is 13.3. The van der Waals surface area contributed by atoms with Crippen molar-refractivity contribution in [2.75, 3.05) is 6.54 Å². The van der Waals surface area contributed by atoms with Crippen molar-refractivity contribution in [3.63, 3.8) is 0 Å². The average molecular weight is 316 g/mol. The topological polar surface area (TPSA) is 66.9 Å². The van der Waals surface area contributed by atoms with E-state index in [1.54, 1.807) is 11.8 Å². The number of carbonyl (C=O) groups is 3. The SMILES string of the molecule is CC(=O)N1C(=O)[C@@H](C)C2[C@@H]1CCN2C(=O)OCc1ccccc1. The van der Waals surface area contributed by atoms with Crippen molar-refractivity contribution in [3.8, 4) is 0 Å². The average Bonchev–Trinajstić information content (AvgIpc) is 3.06. The van der Waals surface area contributed by atoms with Crippen LogP contribution in [0.4, 0.5) is 4.79 Å². The molecule has 3 rings (SSSR count). The maximum atomic E-state index is 12.4. The van der Waals surface area contributed by atoms with Crippen molar-refractivity contribution in [1.29, 1.82) is 0 Å². The fraction of sp³-hybridized carbons (Fsp3) is 0.471. The van der Waals surface area contributed by atoms with Gasteiger partial charge >= 0.3 is 6.09 Å². The molecular formula is C17H20N2O4. The fourth-order valence-electron chi connectivity index (χ4n) is 3.62. The third kappa shape index (κ3) is 2.69. The van der Waals surface area contributed by atoms with Crippen molar-refractivity contribution < 1.29 is 19.1 Å². The van der Waals surface area contributed by atoms with Crippen LogP contribution < -0.4 is 0 Å². The highest BCUT2D eigenvalue weighted by molar-refractivity contribution is 5.98. The van der Waals surface area contributed by atoms with Crippen LogP contribution in [0.25, 0.3) is 0 Å². The zero-order chi connectivity index (χ0) is 16.6. The van der Waals surface area contributed by atoms with Gasteiger partial charge in [0.2, 0.25) is 11.8 Å². The third-order valence-electron chi connectivity index (χ3n) is 4.67. The van der Waals surface area contributed by atoms with Crippen molar-refractivity contribution in [2.24, 2.45) is 5.92 Å². The number of ether oxygens (including phenoxy) is 1. The first-order valence-corrected chi connectivity index (χ1v) is 7.81. The summed E-state index contributed by atoms with van der Waals surface area (Å²) in [7, 11) is 0. The molecule has 0 radical (unpaired) electrons. The number of carbonyl (C=O) groups excluding carboxylic acids is 3. The Kier molecular flexibility index (Phi) is 4.07. The first-order chi connectivity index (χ1) is 11.0. The molecule has 2 heterocycles. The normalized spacial score (nSPS) is 26.3. The van der Waals surface area contributed by atoms with Gasteiger partial charge in [0.1, 0.15) is 6.61 Å². The zero-order valence-corrected chi connectivity index (χ0v) is 13.3. The lowest BCUT2D eigenvalue weighted by Gasteiger charge is -2.25. The second-order valence-corrected chi connectivity index (χ2v) is 6.10. The molecule has 1 unspecified atom stereocenters. The van der Waals surface area contributed by atoms with E-state index in [9.17, 15) is 14.4 Å². The Hall–Kier alpha value is -2.37. The molecular weight excluding hydrogens is 296 g/mol. The van der Waals surface area contributed by atoms with E-state index in [1.165, 1.54) is 11.8 Å². The summed E-state index contributed by atoms with van der Waals surface area (Å²) in [6, 6.07) is 8.94. The second kappa shape index (κ2) is 6.02. The Balaban J connectivity index is 1.68. The summed E-state index contributed by atoms with van der Waals surface area (Å²) >= 11 is 0. The van der Waals surface area contributed by atoms with E-state index in [-0.39, 0.29) is 36.4 Å². The van der Waals surface area contributed by atoms with E-state index >= 15 is 0 Å². The lowest BCUT2D eigenvalue weighted by Crippen LogP contribution is -2.42. The summed E-state index contributed by atoms with van der Waals surface area (Å²) in [5.41, 5.74) is 0.914. The monoisotopic (exact) mass is 316 g/mol. The van der Waals surface area contributed by atoms with Gasteiger partial charge in [0.15, 0.2) is 0 Å². The Morgan fingerprint density at radius 3 is 2.61 bits per heavy atom. The van der Waals surface area contributed by atoms with E-state index in [0.717, 1.165) is 5.56 Å². The van der Waals surface area contributed by atoms with E-state index < -0.39 is 6.09 Å². The molecule has 0 spiro atoms. The second-order valence-electron chi connectivity index (χ2n) is 6.10. The molecule has 122 valence electrons. The van der Waals surface area contributed by atoms with Gasteiger partial charge in [-0.1, -0.05) is 37.3 Å². The summed E-state index contributed by atoms with van der Waals surface area (Å²) in [6.45, 7) is 3.87. The molecule has 0 N–H and O–H groups in total. The smallest absolute Gasteiger partial charge is 0.410 e. The van der Waals surface area contributed by atoms with E-state index in [0.29, 0.717) is 13.0 Å². The molecule has 6 nitrogen and oxygen atoms in total. The van der Waals surface area contributed by atoms with Crippen LogP contribution >= 0.6 is 0 Å². The van der Waals surface area contributed by atoms with Gasteiger partial charge in [0.25, 0.3) is 0 Å². The first kappa shape index (κ1) is 15.5. The van der Waals surface area contributed by atoms with Gasteiger partial charge in [-0.25, -0.2) is 4.79 Å². The number of hydrogen-bond acceptors (Lipinski definition) is 4. The van der Waals surface area contributed by atoms with E-state index in [2.05, 4.69) is 0 Å². The maximum absolute atomic E-state index is 12.4. The molecule has 1 aromatic rings. The van der Waals surface area contributed by atoms with Crippen LogP contribution in [0.5, 0.6) is 0 Å². The molecule has 3 atom stereocenters. The molecule has 6 heteroatoms. The van der Waals surface area contributed by atoms with Crippen LogP contribution in [-0.2, 0) is 20.9 Å². The summed E-state index contributed by atoms with van der Waals surface area (Å²) in [6.07, 6.45) is 0.187. The number of nitrogens with zero attached hydrogens (tertiary/aromatic N) is 2. The summed E-state index contributed by atoms with van der Waals surface area (Å²) in [5.74, 6) is -0.836. The summed E-state index contributed by atoms with van der Waals surface area (Å²) in [4.78, 5) is 39.2. The molecule has 2 fully saturated rings. The minimum Gasteiger partial charge on any atom is -0.445 e. The molecule has 2 saturated heterocycles. The Labute approximate surface area is 135 Å². The number of imide groups is 1. The highest BCUT2D eigenvalue weighted by Crippen LogP contribution is 2.36. The van der Waals surface area contributed by atoms with Gasteiger partial charge in [0.05, 0.1) is 18.0 Å². The number of fused-ring (bicyclic) bond motifs is 1. The van der Waals surface area contributed by atoms with Crippen LogP contribution in [0.1, 0.15) is 25.8 Å². The highest BCUT2D eigenvalue weighted by atomic mass is 16.6. The molecule has 1 aromatic carbocycles. The van der Waals surface area contributed by atoms with Gasteiger partial charge in [-0.2, -0.15) is 0 Å². The van der Waals surface area contributed by atoms with Crippen LogP contribution in [0.15, 0.2) is 30.3 Å². The van der Waals surface area contributed by atoms with Gasteiger partial charge in [-0.3, -0.25) is 14.5 Å². The lowest BCUT2D eigenvalue weighted by molar-refractivity contribution is -0.143. The number of benzene rings is 1. The van der Waals surface area contributed by atoms with Crippen molar-refractivity contribution in [1.82, 2.24) is 9.80 Å². The van der Waals surface area contributed by atoms with Crippen LogP contribution in [0, 0.1) is 5.92 Å². The summed E-state index contributed by atoms with van der Waals surface area (Å²) < 4.78 is 5.37. The molecule has 2 aliphatic heterocycles.